The number of rotatable bonds is 2. The van der Waals surface area contributed by atoms with Crippen LogP contribution in [0.1, 0.15) is 16.4 Å². The fraction of sp³-hybridized carbons (Fsp3) is 0. The third-order valence-corrected chi connectivity index (χ3v) is 2.42. The van der Waals surface area contributed by atoms with Crippen molar-refractivity contribution in [3.05, 3.63) is 60.4 Å². The maximum Gasteiger partial charge on any atom is 0.265 e. The van der Waals surface area contributed by atoms with Gasteiger partial charge in [-0.15, -0.1) is 0 Å². The Hall–Kier alpha value is -2.49. The molecule has 2 heterocycles. The Bertz CT molecular complexity index is 641. The van der Waals surface area contributed by atoms with Crippen molar-refractivity contribution in [2.24, 2.45) is 0 Å². The Morgan fingerprint density at radius 2 is 1.82 bits per heavy atom. The highest BCUT2D eigenvalue weighted by Gasteiger charge is 2.16. The van der Waals surface area contributed by atoms with E-state index in [9.17, 15) is 4.79 Å². The smallest absolute Gasteiger partial charge is 0.265 e. The summed E-state index contributed by atoms with van der Waals surface area (Å²) >= 11 is 0. The second-order valence-corrected chi connectivity index (χ2v) is 3.55. The minimum absolute atomic E-state index is 0.145. The number of hydrogen-bond acceptors (Lipinski definition) is 4. The Morgan fingerprint density at radius 3 is 2.59 bits per heavy atom. The number of aromatic nitrogens is 2. The molecule has 0 amide bonds. The Labute approximate surface area is 96.9 Å². The van der Waals surface area contributed by atoms with Crippen LogP contribution in [0.25, 0.3) is 11.0 Å². The van der Waals surface area contributed by atoms with Gasteiger partial charge in [0, 0.05) is 17.8 Å². The van der Waals surface area contributed by atoms with Crippen molar-refractivity contribution in [3.63, 3.8) is 0 Å². The fourth-order valence-electron chi connectivity index (χ4n) is 1.62. The third kappa shape index (κ3) is 1.69. The quantitative estimate of drug-likeness (QED) is 0.627. The number of carbonyl (C=O) groups excluding carboxylic acids is 1. The lowest BCUT2D eigenvalue weighted by Crippen LogP contribution is -2.04. The van der Waals surface area contributed by atoms with Crippen LogP contribution in [-0.2, 0) is 0 Å². The number of para-hydroxylation sites is 1. The number of ketones is 1. The van der Waals surface area contributed by atoms with E-state index in [1.807, 2.05) is 24.3 Å². The largest absolute Gasteiger partial charge is 0.452 e. The van der Waals surface area contributed by atoms with Gasteiger partial charge >= 0.3 is 0 Å². The van der Waals surface area contributed by atoms with Gasteiger partial charge in [-0.05, 0) is 18.2 Å². The summed E-state index contributed by atoms with van der Waals surface area (Å²) in [5.74, 6) is 0.103. The zero-order valence-corrected chi connectivity index (χ0v) is 8.83. The first kappa shape index (κ1) is 9.72. The van der Waals surface area contributed by atoms with Crippen LogP contribution in [0.3, 0.4) is 0 Å². The summed E-state index contributed by atoms with van der Waals surface area (Å²) in [6, 6.07) is 10.8. The summed E-state index contributed by atoms with van der Waals surface area (Å²) in [7, 11) is 0. The summed E-state index contributed by atoms with van der Waals surface area (Å²) in [4.78, 5) is 19.8. The Balaban J connectivity index is 2.07. The molecule has 3 aromatic rings. The standard InChI is InChI=1S/C13H8N2O2/c16-12(13-14-6-3-7-15-13)11-8-9-4-1-2-5-10(9)17-11/h1-8H. The van der Waals surface area contributed by atoms with Crippen molar-refractivity contribution in [2.45, 2.75) is 0 Å². The van der Waals surface area contributed by atoms with Gasteiger partial charge in [-0.25, -0.2) is 9.97 Å². The monoisotopic (exact) mass is 224 g/mol. The number of furan rings is 1. The minimum Gasteiger partial charge on any atom is -0.452 e. The maximum absolute atomic E-state index is 12.0. The van der Waals surface area contributed by atoms with Gasteiger partial charge in [0.15, 0.2) is 5.76 Å². The van der Waals surface area contributed by atoms with Gasteiger partial charge in [0.05, 0.1) is 0 Å². The van der Waals surface area contributed by atoms with E-state index in [1.165, 1.54) is 12.4 Å². The number of carbonyl (C=O) groups is 1. The summed E-state index contributed by atoms with van der Waals surface area (Å²) in [5, 5.41) is 0.895. The summed E-state index contributed by atoms with van der Waals surface area (Å²) in [6.07, 6.45) is 3.06. The van der Waals surface area contributed by atoms with E-state index in [2.05, 4.69) is 9.97 Å². The second kappa shape index (κ2) is 3.83. The molecule has 0 radical (unpaired) electrons. The summed E-state index contributed by atoms with van der Waals surface area (Å²) in [5.41, 5.74) is 0.687. The molecule has 0 saturated carbocycles. The number of benzene rings is 1. The highest BCUT2D eigenvalue weighted by molar-refractivity contribution is 6.06. The molecule has 82 valence electrons. The molecule has 0 fully saturated rings. The van der Waals surface area contributed by atoms with Crippen LogP contribution in [0.15, 0.2) is 53.2 Å². The van der Waals surface area contributed by atoms with Crippen molar-refractivity contribution < 1.29 is 9.21 Å². The first-order valence-corrected chi connectivity index (χ1v) is 5.15. The van der Waals surface area contributed by atoms with Crippen LogP contribution in [0.5, 0.6) is 0 Å². The van der Waals surface area contributed by atoms with Gasteiger partial charge in [0.1, 0.15) is 5.58 Å². The van der Waals surface area contributed by atoms with E-state index in [-0.39, 0.29) is 17.4 Å². The molecule has 0 saturated heterocycles. The van der Waals surface area contributed by atoms with Crippen molar-refractivity contribution in [1.29, 1.82) is 0 Å². The van der Waals surface area contributed by atoms with Crippen LogP contribution in [0.4, 0.5) is 0 Å². The number of fused-ring (bicyclic) bond motifs is 1. The lowest BCUT2D eigenvalue weighted by molar-refractivity contribution is 0.100. The average Bonchev–Trinajstić information content (AvgIpc) is 2.82. The van der Waals surface area contributed by atoms with E-state index < -0.39 is 0 Å². The molecule has 4 heteroatoms. The molecule has 0 N–H and O–H groups in total. The highest BCUT2D eigenvalue weighted by atomic mass is 16.3. The fourth-order valence-corrected chi connectivity index (χ4v) is 1.62. The molecule has 17 heavy (non-hydrogen) atoms. The van der Waals surface area contributed by atoms with E-state index in [0.29, 0.717) is 5.58 Å². The normalized spacial score (nSPS) is 10.6. The highest BCUT2D eigenvalue weighted by Crippen LogP contribution is 2.20. The molecular weight excluding hydrogens is 216 g/mol. The number of hydrogen-bond donors (Lipinski definition) is 0. The van der Waals surface area contributed by atoms with Gasteiger partial charge < -0.3 is 4.42 Å². The van der Waals surface area contributed by atoms with Gasteiger partial charge in [-0.2, -0.15) is 0 Å². The summed E-state index contributed by atoms with van der Waals surface area (Å²) in [6.45, 7) is 0. The van der Waals surface area contributed by atoms with Crippen LogP contribution in [-0.4, -0.2) is 15.8 Å². The van der Waals surface area contributed by atoms with Crippen LogP contribution in [0, 0.1) is 0 Å². The molecule has 0 aliphatic carbocycles. The Morgan fingerprint density at radius 1 is 1.06 bits per heavy atom. The second-order valence-electron chi connectivity index (χ2n) is 3.55. The predicted octanol–water partition coefficient (Wildman–Crippen LogP) is 2.45. The zero-order valence-electron chi connectivity index (χ0n) is 8.83. The molecule has 3 rings (SSSR count). The maximum atomic E-state index is 12.0. The molecule has 0 unspecified atom stereocenters. The van der Waals surface area contributed by atoms with Gasteiger partial charge in [0.25, 0.3) is 5.78 Å². The lowest BCUT2D eigenvalue weighted by atomic mass is 10.2. The third-order valence-electron chi connectivity index (χ3n) is 2.42. The van der Waals surface area contributed by atoms with Crippen molar-refractivity contribution in [3.8, 4) is 0 Å². The van der Waals surface area contributed by atoms with Crippen molar-refractivity contribution in [1.82, 2.24) is 9.97 Å². The summed E-state index contributed by atoms with van der Waals surface area (Å²) < 4.78 is 5.45. The van der Waals surface area contributed by atoms with Gasteiger partial charge in [0.2, 0.25) is 5.82 Å². The molecule has 0 aliphatic rings. The van der Waals surface area contributed by atoms with Crippen LogP contribution < -0.4 is 0 Å². The molecule has 0 bridgehead atoms. The predicted molar refractivity (Wildman–Crippen MR) is 61.7 cm³/mol. The van der Waals surface area contributed by atoms with E-state index in [0.717, 1.165) is 5.39 Å². The lowest BCUT2D eigenvalue weighted by Gasteiger charge is -1.93. The molecule has 1 aromatic carbocycles. The molecular formula is C13H8N2O2. The van der Waals surface area contributed by atoms with Crippen LogP contribution in [0.2, 0.25) is 0 Å². The number of nitrogens with zero attached hydrogens (tertiary/aromatic N) is 2. The molecule has 0 aliphatic heterocycles. The van der Waals surface area contributed by atoms with Crippen LogP contribution >= 0.6 is 0 Å². The van der Waals surface area contributed by atoms with Gasteiger partial charge in [-0.3, -0.25) is 4.79 Å². The van der Waals surface area contributed by atoms with E-state index in [1.54, 1.807) is 12.1 Å². The molecule has 0 spiro atoms. The molecule has 2 aromatic heterocycles. The first-order chi connectivity index (χ1) is 8.34. The Kier molecular flexibility index (Phi) is 2.19. The SMILES string of the molecule is O=C(c1ncccn1)c1cc2ccccc2o1. The van der Waals surface area contributed by atoms with E-state index in [4.69, 9.17) is 4.42 Å². The topological polar surface area (TPSA) is 56.0 Å². The van der Waals surface area contributed by atoms with Gasteiger partial charge in [-0.1, -0.05) is 18.2 Å². The zero-order chi connectivity index (χ0) is 11.7. The molecule has 4 nitrogen and oxygen atoms in total. The minimum atomic E-state index is -0.304. The average molecular weight is 224 g/mol. The van der Waals surface area contributed by atoms with Crippen molar-refractivity contribution >= 4 is 16.8 Å². The first-order valence-electron chi connectivity index (χ1n) is 5.15. The van der Waals surface area contributed by atoms with E-state index >= 15 is 0 Å². The van der Waals surface area contributed by atoms with Crippen molar-refractivity contribution in [2.75, 3.05) is 0 Å². The molecule has 0 atom stereocenters.